The zero-order valence-corrected chi connectivity index (χ0v) is 12.5. The van der Waals surface area contributed by atoms with E-state index in [0.717, 1.165) is 31.7 Å². The highest BCUT2D eigenvalue weighted by Gasteiger charge is 2.22. The number of nitrogens with zero attached hydrogens (tertiary/aromatic N) is 1. The van der Waals surface area contributed by atoms with Crippen molar-refractivity contribution in [1.29, 1.82) is 0 Å². The Morgan fingerprint density at radius 1 is 1.25 bits per heavy atom. The van der Waals surface area contributed by atoms with Crippen LogP contribution in [-0.2, 0) is 9.84 Å². The number of nitrogens with one attached hydrogen (secondary N) is 1. The van der Waals surface area contributed by atoms with Gasteiger partial charge in [-0.1, -0.05) is 12.1 Å². The molecular formula is C14H21FN2O2S. The summed E-state index contributed by atoms with van der Waals surface area (Å²) < 4.78 is 35.7. The number of halogens is 1. The largest absolute Gasteiger partial charge is 0.314 e. The van der Waals surface area contributed by atoms with Crippen molar-refractivity contribution in [2.24, 2.45) is 0 Å². The third-order valence-electron chi connectivity index (χ3n) is 3.67. The summed E-state index contributed by atoms with van der Waals surface area (Å²) in [7, 11) is -3.18. The highest BCUT2D eigenvalue weighted by atomic mass is 32.2. The quantitative estimate of drug-likeness (QED) is 0.893. The predicted molar refractivity (Wildman–Crippen MR) is 77.3 cm³/mol. The van der Waals surface area contributed by atoms with E-state index in [1.165, 1.54) is 6.26 Å². The van der Waals surface area contributed by atoms with Crippen molar-refractivity contribution >= 4 is 9.84 Å². The Kier molecular flexibility index (Phi) is 5.12. The molecule has 1 aliphatic heterocycles. The fourth-order valence-electron chi connectivity index (χ4n) is 2.59. The molecule has 4 nitrogen and oxygen atoms in total. The number of sulfone groups is 1. The molecule has 0 unspecified atom stereocenters. The Labute approximate surface area is 119 Å². The molecule has 1 aromatic rings. The molecule has 0 amide bonds. The van der Waals surface area contributed by atoms with Gasteiger partial charge in [-0.3, -0.25) is 9.29 Å². The Balaban J connectivity index is 2.20. The molecule has 1 aromatic carbocycles. The van der Waals surface area contributed by atoms with Gasteiger partial charge in [0.1, 0.15) is 0 Å². The van der Waals surface area contributed by atoms with Gasteiger partial charge in [-0.15, -0.1) is 0 Å². The third kappa shape index (κ3) is 3.77. The van der Waals surface area contributed by atoms with Gasteiger partial charge in [-0.25, -0.2) is 8.42 Å². The molecule has 1 aliphatic rings. The van der Waals surface area contributed by atoms with Gasteiger partial charge in [-0.2, -0.15) is 0 Å². The fourth-order valence-corrected chi connectivity index (χ4v) is 3.22. The van der Waals surface area contributed by atoms with Crippen molar-refractivity contribution < 1.29 is 12.8 Å². The molecule has 2 rings (SSSR count). The molecule has 1 heterocycles. The van der Waals surface area contributed by atoms with Crippen LogP contribution in [0.1, 0.15) is 18.0 Å². The first-order valence-electron chi connectivity index (χ1n) is 6.83. The molecule has 0 radical (unpaired) electrons. The van der Waals surface area contributed by atoms with Gasteiger partial charge >= 0.3 is 0 Å². The number of hydrogen-bond acceptors (Lipinski definition) is 4. The maximum atomic E-state index is 12.8. The molecule has 0 spiro atoms. The molecule has 1 fully saturated rings. The van der Waals surface area contributed by atoms with Crippen LogP contribution >= 0.6 is 0 Å². The summed E-state index contributed by atoms with van der Waals surface area (Å²) in [5, 5.41) is 3.28. The van der Waals surface area contributed by atoms with Crippen LogP contribution in [0.25, 0.3) is 0 Å². The Bertz CT molecular complexity index is 525. The van der Waals surface area contributed by atoms with Gasteiger partial charge in [0.2, 0.25) is 0 Å². The SMILES string of the molecule is CS(=O)(=O)c1ccc([C@@H](CCF)N2CCNCC2)cc1. The average Bonchev–Trinajstić information content (AvgIpc) is 2.45. The lowest BCUT2D eigenvalue weighted by molar-refractivity contribution is 0.157. The van der Waals surface area contributed by atoms with E-state index in [0.29, 0.717) is 11.3 Å². The molecule has 0 bridgehead atoms. The summed E-state index contributed by atoms with van der Waals surface area (Å²) in [4.78, 5) is 2.56. The van der Waals surface area contributed by atoms with E-state index in [9.17, 15) is 12.8 Å². The molecular weight excluding hydrogens is 279 g/mol. The van der Waals surface area contributed by atoms with Crippen LogP contribution < -0.4 is 5.32 Å². The van der Waals surface area contributed by atoms with E-state index in [1.54, 1.807) is 24.3 Å². The first-order chi connectivity index (χ1) is 9.52. The molecule has 112 valence electrons. The highest BCUT2D eigenvalue weighted by molar-refractivity contribution is 7.90. The van der Waals surface area contributed by atoms with Crippen molar-refractivity contribution in [1.82, 2.24) is 10.2 Å². The molecule has 20 heavy (non-hydrogen) atoms. The highest BCUT2D eigenvalue weighted by Crippen LogP contribution is 2.26. The molecule has 0 aromatic heterocycles. The van der Waals surface area contributed by atoms with E-state index in [4.69, 9.17) is 0 Å². The predicted octanol–water partition coefficient (Wildman–Crippen LogP) is 1.40. The lowest BCUT2D eigenvalue weighted by atomic mass is 10.0. The monoisotopic (exact) mass is 300 g/mol. The van der Waals surface area contributed by atoms with Crippen molar-refractivity contribution in [3.05, 3.63) is 29.8 Å². The van der Waals surface area contributed by atoms with Gasteiger partial charge in [0.05, 0.1) is 11.6 Å². The average molecular weight is 300 g/mol. The standard InChI is InChI=1S/C14H21FN2O2S/c1-20(18,19)13-4-2-12(3-5-13)14(6-7-15)17-10-8-16-9-11-17/h2-5,14,16H,6-11H2,1H3/t14-/m1/s1. The Morgan fingerprint density at radius 2 is 1.85 bits per heavy atom. The lowest BCUT2D eigenvalue weighted by Gasteiger charge is -2.35. The second kappa shape index (κ2) is 6.65. The van der Waals surface area contributed by atoms with Gasteiger partial charge in [0.15, 0.2) is 9.84 Å². The third-order valence-corrected chi connectivity index (χ3v) is 4.80. The smallest absolute Gasteiger partial charge is 0.175 e. The van der Waals surface area contributed by atoms with Crippen molar-refractivity contribution in [3.63, 3.8) is 0 Å². The van der Waals surface area contributed by atoms with Crippen LogP contribution in [0.2, 0.25) is 0 Å². The van der Waals surface area contributed by atoms with Crippen LogP contribution in [0.3, 0.4) is 0 Å². The summed E-state index contributed by atoms with van der Waals surface area (Å²) >= 11 is 0. The van der Waals surface area contributed by atoms with Crippen LogP contribution in [-0.4, -0.2) is 52.4 Å². The van der Waals surface area contributed by atoms with Crippen molar-refractivity contribution in [2.75, 3.05) is 39.1 Å². The molecule has 0 saturated carbocycles. The first kappa shape index (κ1) is 15.4. The number of hydrogen-bond donors (Lipinski definition) is 1. The van der Waals surface area contributed by atoms with E-state index < -0.39 is 9.84 Å². The minimum atomic E-state index is -3.18. The Morgan fingerprint density at radius 3 is 2.35 bits per heavy atom. The molecule has 1 saturated heterocycles. The summed E-state index contributed by atoms with van der Waals surface area (Å²) in [6.45, 7) is 3.22. The van der Waals surface area contributed by atoms with Gasteiger partial charge < -0.3 is 5.32 Å². The van der Waals surface area contributed by atoms with Gasteiger partial charge in [0, 0.05) is 38.5 Å². The van der Waals surface area contributed by atoms with Crippen LogP contribution in [0.15, 0.2) is 29.2 Å². The first-order valence-corrected chi connectivity index (χ1v) is 8.72. The normalized spacial score (nSPS) is 18.9. The van der Waals surface area contributed by atoms with Crippen LogP contribution in [0.5, 0.6) is 0 Å². The molecule has 1 atom stereocenters. The van der Waals surface area contributed by atoms with Gasteiger partial charge in [-0.05, 0) is 24.1 Å². The molecule has 6 heteroatoms. The maximum Gasteiger partial charge on any atom is 0.175 e. The van der Waals surface area contributed by atoms with E-state index >= 15 is 0 Å². The number of benzene rings is 1. The topological polar surface area (TPSA) is 49.4 Å². The van der Waals surface area contributed by atoms with Crippen molar-refractivity contribution in [3.8, 4) is 0 Å². The number of piperazine rings is 1. The van der Waals surface area contributed by atoms with E-state index in [2.05, 4.69) is 10.2 Å². The van der Waals surface area contributed by atoms with Gasteiger partial charge in [0.25, 0.3) is 0 Å². The second-order valence-electron chi connectivity index (χ2n) is 5.12. The summed E-state index contributed by atoms with van der Waals surface area (Å²) in [5.74, 6) is 0. The summed E-state index contributed by atoms with van der Waals surface area (Å²) in [5.41, 5.74) is 0.983. The van der Waals surface area contributed by atoms with E-state index in [-0.39, 0.29) is 12.7 Å². The zero-order valence-electron chi connectivity index (χ0n) is 11.7. The lowest BCUT2D eigenvalue weighted by Crippen LogP contribution is -2.45. The minimum absolute atomic E-state index is 0.0238. The van der Waals surface area contributed by atoms with Crippen molar-refractivity contribution in [2.45, 2.75) is 17.4 Å². The van der Waals surface area contributed by atoms with Crippen LogP contribution in [0.4, 0.5) is 4.39 Å². The van der Waals surface area contributed by atoms with E-state index in [1.807, 2.05) is 0 Å². The summed E-state index contributed by atoms with van der Waals surface area (Å²) in [6, 6.07) is 6.85. The fraction of sp³-hybridized carbons (Fsp3) is 0.571. The molecule has 0 aliphatic carbocycles. The maximum absolute atomic E-state index is 12.8. The summed E-state index contributed by atoms with van der Waals surface area (Å²) in [6.07, 6.45) is 1.63. The number of alkyl halides is 1. The second-order valence-corrected chi connectivity index (χ2v) is 7.14. The minimum Gasteiger partial charge on any atom is -0.314 e. The molecule has 1 N–H and O–H groups in total. The van der Waals surface area contributed by atoms with Crippen LogP contribution in [0, 0.1) is 0 Å². The zero-order chi connectivity index (χ0) is 14.6. The number of rotatable bonds is 5. The Hall–Kier alpha value is -0.980.